The highest BCUT2D eigenvalue weighted by atomic mass is 16.5. The van der Waals surface area contributed by atoms with Crippen LogP contribution in [-0.2, 0) is 0 Å². The summed E-state index contributed by atoms with van der Waals surface area (Å²) in [5, 5.41) is 3.91. The Hall–Kier alpha value is -2.56. The molecule has 0 aliphatic rings. The van der Waals surface area contributed by atoms with Gasteiger partial charge in [-0.25, -0.2) is 0 Å². The van der Waals surface area contributed by atoms with Crippen molar-refractivity contribution < 1.29 is 14.3 Å². The van der Waals surface area contributed by atoms with E-state index in [2.05, 4.69) is 5.32 Å². The molecular formula is C14H14N2O3. The molecule has 0 unspecified atom stereocenters. The fraction of sp³-hybridized carbons (Fsp3) is 0.143. The highest BCUT2D eigenvalue weighted by molar-refractivity contribution is 6.16. The van der Waals surface area contributed by atoms with Gasteiger partial charge >= 0.3 is 0 Å². The standard InChI is InChI=1S/C14H14N2O3/c1-16-14(18)12-9-6-4-3-5-8(9)11(19-2)7-10(12)13(15)17/h3-7H,1-2H3,(H2,15,17)(H,16,18). The van der Waals surface area contributed by atoms with Crippen LogP contribution in [0.1, 0.15) is 20.7 Å². The number of rotatable bonds is 3. The molecule has 5 nitrogen and oxygen atoms in total. The molecule has 0 aromatic heterocycles. The number of nitrogens with one attached hydrogen (secondary N) is 1. The van der Waals surface area contributed by atoms with Crippen LogP contribution < -0.4 is 15.8 Å². The number of amides is 2. The zero-order valence-corrected chi connectivity index (χ0v) is 10.7. The number of hydrogen-bond acceptors (Lipinski definition) is 3. The molecule has 2 rings (SSSR count). The van der Waals surface area contributed by atoms with Crippen molar-refractivity contribution in [2.75, 3.05) is 14.2 Å². The van der Waals surface area contributed by atoms with E-state index in [0.29, 0.717) is 11.1 Å². The average molecular weight is 258 g/mol. The molecule has 0 spiro atoms. The van der Waals surface area contributed by atoms with Gasteiger partial charge in [0.25, 0.3) is 5.91 Å². The zero-order valence-electron chi connectivity index (χ0n) is 10.7. The first-order valence-corrected chi connectivity index (χ1v) is 5.71. The van der Waals surface area contributed by atoms with Crippen LogP contribution in [0.15, 0.2) is 30.3 Å². The summed E-state index contributed by atoms with van der Waals surface area (Å²) >= 11 is 0. The first kappa shape index (κ1) is 12.9. The number of primary amides is 1. The molecule has 2 aromatic rings. The Labute approximate surface area is 110 Å². The van der Waals surface area contributed by atoms with Crippen LogP contribution >= 0.6 is 0 Å². The third-order valence-corrected chi connectivity index (χ3v) is 2.95. The van der Waals surface area contributed by atoms with Gasteiger partial charge in [0, 0.05) is 12.4 Å². The van der Waals surface area contributed by atoms with Crippen molar-refractivity contribution in [1.29, 1.82) is 0 Å². The second-order valence-corrected chi connectivity index (χ2v) is 3.99. The van der Waals surface area contributed by atoms with Crippen molar-refractivity contribution in [3.8, 4) is 5.75 Å². The maximum atomic E-state index is 12.0. The lowest BCUT2D eigenvalue weighted by atomic mass is 9.97. The molecule has 5 heteroatoms. The molecule has 2 amide bonds. The lowest BCUT2D eigenvalue weighted by Crippen LogP contribution is -2.24. The number of carbonyl (C=O) groups excluding carboxylic acids is 2. The summed E-state index contributed by atoms with van der Waals surface area (Å²) in [6, 6.07) is 8.71. The predicted octanol–water partition coefficient (Wildman–Crippen LogP) is 1.31. The molecule has 0 fully saturated rings. The maximum Gasteiger partial charge on any atom is 0.252 e. The van der Waals surface area contributed by atoms with Gasteiger partial charge in [0.15, 0.2) is 0 Å². The lowest BCUT2D eigenvalue weighted by Gasteiger charge is -2.13. The third kappa shape index (κ3) is 2.10. The SMILES string of the molecule is CNC(=O)c1c(C(N)=O)cc(OC)c2ccccc12. The topological polar surface area (TPSA) is 81.4 Å². The summed E-state index contributed by atoms with van der Waals surface area (Å²) in [6.45, 7) is 0. The number of nitrogens with two attached hydrogens (primary N) is 1. The first-order valence-electron chi connectivity index (χ1n) is 5.71. The lowest BCUT2D eigenvalue weighted by molar-refractivity contribution is 0.0945. The van der Waals surface area contributed by atoms with Gasteiger partial charge in [-0.05, 0) is 11.5 Å². The Balaban J connectivity index is 2.93. The van der Waals surface area contributed by atoms with E-state index >= 15 is 0 Å². The normalized spacial score (nSPS) is 10.2. The van der Waals surface area contributed by atoms with E-state index in [9.17, 15) is 9.59 Å². The van der Waals surface area contributed by atoms with E-state index in [1.807, 2.05) is 12.1 Å². The molecule has 0 aliphatic heterocycles. The quantitative estimate of drug-likeness (QED) is 0.870. The second kappa shape index (κ2) is 4.97. The van der Waals surface area contributed by atoms with Gasteiger partial charge in [-0.15, -0.1) is 0 Å². The Kier molecular flexibility index (Phi) is 3.37. The minimum absolute atomic E-state index is 0.148. The fourth-order valence-corrected chi connectivity index (χ4v) is 2.07. The highest BCUT2D eigenvalue weighted by Crippen LogP contribution is 2.31. The molecule has 2 aromatic carbocycles. The maximum absolute atomic E-state index is 12.0. The molecule has 0 aliphatic carbocycles. The van der Waals surface area contributed by atoms with Gasteiger partial charge in [0.2, 0.25) is 5.91 Å². The predicted molar refractivity (Wildman–Crippen MR) is 72.4 cm³/mol. The van der Waals surface area contributed by atoms with E-state index in [0.717, 1.165) is 5.39 Å². The molecule has 19 heavy (non-hydrogen) atoms. The number of ether oxygens (including phenoxy) is 1. The van der Waals surface area contributed by atoms with E-state index in [4.69, 9.17) is 10.5 Å². The fourth-order valence-electron chi connectivity index (χ4n) is 2.07. The van der Waals surface area contributed by atoms with Crippen LogP contribution in [0.25, 0.3) is 10.8 Å². The van der Waals surface area contributed by atoms with Gasteiger partial charge in [-0.1, -0.05) is 24.3 Å². The minimum Gasteiger partial charge on any atom is -0.496 e. The molecule has 98 valence electrons. The Morgan fingerprint density at radius 2 is 1.84 bits per heavy atom. The van der Waals surface area contributed by atoms with Crippen molar-refractivity contribution in [2.45, 2.75) is 0 Å². The molecule has 0 heterocycles. The number of methoxy groups -OCH3 is 1. The molecule has 0 saturated carbocycles. The number of fused-ring (bicyclic) bond motifs is 1. The molecular weight excluding hydrogens is 244 g/mol. The number of hydrogen-bond donors (Lipinski definition) is 2. The summed E-state index contributed by atoms with van der Waals surface area (Å²) in [4.78, 5) is 23.5. The van der Waals surface area contributed by atoms with Crippen molar-refractivity contribution in [1.82, 2.24) is 5.32 Å². The Bertz CT molecular complexity index is 665. The zero-order chi connectivity index (χ0) is 14.0. The summed E-state index contributed by atoms with van der Waals surface area (Å²) in [5.74, 6) is -0.507. The molecule has 3 N–H and O–H groups in total. The summed E-state index contributed by atoms with van der Waals surface area (Å²) in [6.07, 6.45) is 0. The van der Waals surface area contributed by atoms with Gasteiger partial charge in [-0.3, -0.25) is 9.59 Å². The first-order chi connectivity index (χ1) is 9.10. The third-order valence-electron chi connectivity index (χ3n) is 2.95. The smallest absolute Gasteiger partial charge is 0.252 e. The van der Waals surface area contributed by atoms with Crippen LogP contribution in [0.5, 0.6) is 5.75 Å². The van der Waals surface area contributed by atoms with Crippen LogP contribution in [0.3, 0.4) is 0 Å². The van der Waals surface area contributed by atoms with Gasteiger partial charge in [0.05, 0.1) is 18.2 Å². The van der Waals surface area contributed by atoms with Crippen LogP contribution in [0, 0.1) is 0 Å². The van der Waals surface area contributed by atoms with Crippen LogP contribution in [0.4, 0.5) is 0 Å². The molecule has 0 bridgehead atoms. The van der Waals surface area contributed by atoms with E-state index in [1.165, 1.54) is 20.2 Å². The van der Waals surface area contributed by atoms with Crippen LogP contribution in [0.2, 0.25) is 0 Å². The number of benzene rings is 2. The van der Waals surface area contributed by atoms with Gasteiger partial charge < -0.3 is 15.8 Å². The molecule has 0 saturated heterocycles. The number of carbonyl (C=O) groups is 2. The molecule has 0 atom stereocenters. The largest absolute Gasteiger partial charge is 0.496 e. The van der Waals surface area contributed by atoms with Crippen molar-refractivity contribution in [3.05, 3.63) is 41.5 Å². The van der Waals surface area contributed by atoms with E-state index in [1.54, 1.807) is 12.1 Å². The van der Waals surface area contributed by atoms with E-state index in [-0.39, 0.29) is 17.0 Å². The van der Waals surface area contributed by atoms with Crippen molar-refractivity contribution in [3.63, 3.8) is 0 Å². The average Bonchev–Trinajstić information content (AvgIpc) is 2.44. The van der Waals surface area contributed by atoms with Crippen LogP contribution in [-0.4, -0.2) is 26.0 Å². The second-order valence-electron chi connectivity index (χ2n) is 3.99. The Morgan fingerprint density at radius 1 is 1.21 bits per heavy atom. The molecule has 0 radical (unpaired) electrons. The van der Waals surface area contributed by atoms with Gasteiger partial charge in [0.1, 0.15) is 5.75 Å². The summed E-state index contributed by atoms with van der Waals surface area (Å²) in [5.41, 5.74) is 5.77. The van der Waals surface area contributed by atoms with Gasteiger partial charge in [-0.2, -0.15) is 0 Å². The minimum atomic E-state index is -0.664. The monoisotopic (exact) mass is 258 g/mol. The van der Waals surface area contributed by atoms with E-state index < -0.39 is 5.91 Å². The Morgan fingerprint density at radius 3 is 2.37 bits per heavy atom. The van der Waals surface area contributed by atoms with Crippen molar-refractivity contribution in [2.24, 2.45) is 5.73 Å². The summed E-state index contributed by atoms with van der Waals surface area (Å²) in [7, 11) is 3.01. The van der Waals surface area contributed by atoms with Crippen molar-refractivity contribution >= 4 is 22.6 Å². The summed E-state index contributed by atoms with van der Waals surface area (Å²) < 4.78 is 5.25. The highest BCUT2D eigenvalue weighted by Gasteiger charge is 2.20.